The number of likely N-dealkylation sites (tertiary alicyclic amines) is 1. The van der Waals surface area contributed by atoms with Crippen LogP contribution in [0.4, 0.5) is 8.78 Å². The van der Waals surface area contributed by atoms with E-state index >= 15 is 0 Å². The Bertz CT molecular complexity index is 241. The Hall–Kier alpha value is -0.750. The van der Waals surface area contributed by atoms with Crippen molar-refractivity contribution in [2.75, 3.05) is 13.1 Å². The maximum atomic E-state index is 13.3. The monoisotopic (exact) mass is 236 g/mol. The lowest BCUT2D eigenvalue weighted by Gasteiger charge is -2.33. The quantitative estimate of drug-likeness (QED) is 0.696. The van der Waals surface area contributed by atoms with Gasteiger partial charge >= 0.3 is 5.97 Å². The molecule has 16 heavy (non-hydrogen) atoms. The van der Waals surface area contributed by atoms with Crippen molar-refractivity contribution < 1.29 is 18.7 Å². The third-order valence-corrected chi connectivity index (χ3v) is 2.80. The fourth-order valence-corrected chi connectivity index (χ4v) is 1.87. The van der Waals surface area contributed by atoms with E-state index in [1.165, 1.54) is 4.90 Å². The summed E-state index contributed by atoms with van der Waals surface area (Å²) in [7, 11) is 0. The second-order valence-electron chi connectivity index (χ2n) is 4.21. The van der Waals surface area contributed by atoms with Gasteiger partial charge in [-0.05, 0) is 19.3 Å². The molecule has 0 aliphatic carbocycles. The molecule has 3 unspecified atom stereocenters. The number of hydrogen-bond acceptors (Lipinski definition) is 3. The minimum absolute atomic E-state index is 0.135. The minimum Gasteiger partial charge on any atom is -0.481 e. The number of halogens is 2. The van der Waals surface area contributed by atoms with Crippen LogP contribution in [0.3, 0.4) is 0 Å². The second kappa shape index (κ2) is 6.10. The zero-order valence-electron chi connectivity index (χ0n) is 9.11. The van der Waals surface area contributed by atoms with Gasteiger partial charge in [-0.1, -0.05) is 0 Å². The summed E-state index contributed by atoms with van der Waals surface area (Å²) in [4.78, 5) is 11.7. The standard InChI is InChI=1S/C10H18F2N2O2/c11-8-2-1-4-14(10(8)12)5-3-7(13)6-9(15)16/h7-8,10H,1-6,13H2,(H,15,16). The van der Waals surface area contributed by atoms with Crippen molar-refractivity contribution in [1.82, 2.24) is 4.90 Å². The molecule has 1 aliphatic heterocycles. The lowest BCUT2D eigenvalue weighted by molar-refractivity contribution is -0.137. The first-order valence-electron chi connectivity index (χ1n) is 5.50. The normalized spacial score (nSPS) is 28.9. The Morgan fingerprint density at radius 2 is 2.25 bits per heavy atom. The molecule has 0 radical (unpaired) electrons. The molecule has 3 N–H and O–H groups in total. The number of carboxylic acids is 1. The summed E-state index contributed by atoms with van der Waals surface area (Å²) in [6.45, 7) is 0.831. The number of rotatable bonds is 5. The summed E-state index contributed by atoms with van der Waals surface area (Å²) < 4.78 is 26.4. The van der Waals surface area contributed by atoms with Crippen molar-refractivity contribution in [3.05, 3.63) is 0 Å². The molecule has 1 heterocycles. The van der Waals surface area contributed by atoms with Gasteiger partial charge in [0.15, 0.2) is 6.30 Å². The molecule has 1 rings (SSSR count). The van der Waals surface area contributed by atoms with E-state index in [1.807, 2.05) is 0 Å². The van der Waals surface area contributed by atoms with Crippen LogP contribution in [-0.4, -0.2) is 47.6 Å². The van der Waals surface area contributed by atoms with Crippen LogP contribution in [-0.2, 0) is 4.79 Å². The molecule has 1 saturated heterocycles. The van der Waals surface area contributed by atoms with Crippen molar-refractivity contribution in [3.63, 3.8) is 0 Å². The number of nitrogens with zero attached hydrogens (tertiary/aromatic N) is 1. The van der Waals surface area contributed by atoms with E-state index in [0.29, 0.717) is 25.9 Å². The summed E-state index contributed by atoms with van der Waals surface area (Å²) in [5, 5.41) is 8.49. The van der Waals surface area contributed by atoms with E-state index in [4.69, 9.17) is 10.8 Å². The summed E-state index contributed by atoms with van der Waals surface area (Å²) in [6, 6.07) is -0.496. The topological polar surface area (TPSA) is 66.6 Å². The molecule has 6 heteroatoms. The fourth-order valence-electron chi connectivity index (χ4n) is 1.87. The highest BCUT2D eigenvalue weighted by molar-refractivity contribution is 5.67. The summed E-state index contributed by atoms with van der Waals surface area (Å²) in [6.07, 6.45) is -1.85. The van der Waals surface area contributed by atoms with Gasteiger partial charge in [-0.25, -0.2) is 8.78 Å². The van der Waals surface area contributed by atoms with Crippen LogP contribution in [0.2, 0.25) is 0 Å². The number of piperidine rings is 1. The van der Waals surface area contributed by atoms with Gasteiger partial charge in [0.05, 0.1) is 6.42 Å². The van der Waals surface area contributed by atoms with Gasteiger partial charge in [-0.15, -0.1) is 0 Å². The molecule has 3 atom stereocenters. The van der Waals surface area contributed by atoms with Crippen LogP contribution in [0.25, 0.3) is 0 Å². The van der Waals surface area contributed by atoms with Gasteiger partial charge in [0.2, 0.25) is 0 Å². The molecule has 0 bridgehead atoms. The zero-order chi connectivity index (χ0) is 12.1. The van der Waals surface area contributed by atoms with Gasteiger partial charge in [0, 0.05) is 19.1 Å². The highest BCUT2D eigenvalue weighted by Gasteiger charge is 2.31. The van der Waals surface area contributed by atoms with Crippen molar-refractivity contribution >= 4 is 5.97 Å². The average molecular weight is 236 g/mol. The SMILES string of the molecule is NC(CCN1CCCC(F)C1F)CC(=O)O. The van der Waals surface area contributed by atoms with E-state index in [9.17, 15) is 13.6 Å². The van der Waals surface area contributed by atoms with Gasteiger partial charge in [-0.3, -0.25) is 9.69 Å². The van der Waals surface area contributed by atoms with Crippen molar-refractivity contribution in [2.45, 2.75) is 44.2 Å². The van der Waals surface area contributed by atoms with E-state index in [2.05, 4.69) is 0 Å². The number of nitrogens with two attached hydrogens (primary N) is 1. The summed E-state index contributed by atoms with van der Waals surface area (Å²) in [5.74, 6) is -0.966. The molecule has 0 amide bonds. The number of carboxylic acid groups (broad SMARTS) is 1. The van der Waals surface area contributed by atoms with Crippen LogP contribution in [0.1, 0.15) is 25.7 Å². The number of aliphatic carboxylic acids is 1. The highest BCUT2D eigenvalue weighted by Crippen LogP contribution is 2.21. The lowest BCUT2D eigenvalue weighted by Crippen LogP contribution is -2.45. The second-order valence-corrected chi connectivity index (χ2v) is 4.21. The van der Waals surface area contributed by atoms with E-state index < -0.39 is 24.5 Å². The predicted molar refractivity (Wildman–Crippen MR) is 55.4 cm³/mol. The van der Waals surface area contributed by atoms with Crippen LogP contribution >= 0.6 is 0 Å². The Morgan fingerprint density at radius 3 is 2.88 bits per heavy atom. The maximum absolute atomic E-state index is 13.3. The zero-order valence-corrected chi connectivity index (χ0v) is 9.11. The molecule has 0 saturated carbocycles. The van der Waals surface area contributed by atoms with E-state index in [1.54, 1.807) is 0 Å². The first kappa shape index (κ1) is 13.3. The molecular formula is C10H18F2N2O2. The molecule has 0 aromatic heterocycles. The first-order valence-corrected chi connectivity index (χ1v) is 5.50. The molecule has 0 aromatic carbocycles. The Balaban J connectivity index is 2.28. The maximum Gasteiger partial charge on any atom is 0.304 e. The molecule has 4 nitrogen and oxygen atoms in total. The predicted octanol–water partition coefficient (Wildman–Crippen LogP) is 0.908. The molecule has 1 aliphatic rings. The largest absolute Gasteiger partial charge is 0.481 e. The van der Waals surface area contributed by atoms with Crippen LogP contribution in [0.5, 0.6) is 0 Å². The van der Waals surface area contributed by atoms with Gasteiger partial charge in [0.1, 0.15) is 6.17 Å². The smallest absolute Gasteiger partial charge is 0.304 e. The average Bonchev–Trinajstić information content (AvgIpc) is 2.19. The number of carbonyl (C=O) groups is 1. The fraction of sp³-hybridized carbons (Fsp3) is 0.900. The molecular weight excluding hydrogens is 218 g/mol. The number of hydrogen-bond donors (Lipinski definition) is 2. The van der Waals surface area contributed by atoms with E-state index in [0.717, 1.165) is 0 Å². The molecule has 0 aromatic rings. The van der Waals surface area contributed by atoms with Crippen LogP contribution < -0.4 is 5.73 Å². The molecule has 94 valence electrons. The lowest BCUT2D eigenvalue weighted by atomic mass is 10.1. The van der Waals surface area contributed by atoms with Crippen LogP contribution in [0, 0.1) is 0 Å². The van der Waals surface area contributed by atoms with Crippen molar-refractivity contribution in [2.24, 2.45) is 5.73 Å². The van der Waals surface area contributed by atoms with Gasteiger partial charge < -0.3 is 10.8 Å². The first-order chi connectivity index (χ1) is 7.50. The summed E-state index contributed by atoms with van der Waals surface area (Å²) in [5.41, 5.74) is 5.55. The van der Waals surface area contributed by atoms with Crippen LogP contribution in [0.15, 0.2) is 0 Å². The van der Waals surface area contributed by atoms with Crippen molar-refractivity contribution in [1.29, 1.82) is 0 Å². The third kappa shape index (κ3) is 4.02. The minimum atomic E-state index is -1.56. The Kier molecular flexibility index (Phi) is 5.08. The van der Waals surface area contributed by atoms with Gasteiger partial charge in [-0.2, -0.15) is 0 Å². The highest BCUT2D eigenvalue weighted by atomic mass is 19.2. The number of alkyl halides is 2. The van der Waals surface area contributed by atoms with Crippen molar-refractivity contribution in [3.8, 4) is 0 Å². The third-order valence-electron chi connectivity index (χ3n) is 2.80. The van der Waals surface area contributed by atoms with Gasteiger partial charge in [0.25, 0.3) is 0 Å². The Morgan fingerprint density at radius 1 is 1.56 bits per heavy atom. The Labute approximate surface area is 93.4 Å². The summed E-state index contributed by atoms with van der Waals surface area (Å²) >= 11 is 0. The van der Waals surface area contributed by atoms with E-state index in [-0.39, 0.29) is 12.8 Å². The molecule has 0 spiro atoms. The molecule has 1 fully saturated rings.